The van der Waals surface area contributed by atoms with E-state index in [4.69, 9.17) is 4.74 Å². The lowest BCUT2D eigenvalue weighted by molar-refractivity contribution is -0.387. The van der Waals surface area contributed by atoms with Crippen LogP contribution in [-0.2, 0) is 19.6 Å². The first-order chi connectivity index (χ1) is 20.6. The van der Waals surface area contributed by atoms with E-state index in [2.05, 4.69) is 15.8 Å². The number of nitro groups is 1. The van der Waals surface area contributed by atoms with Crippen LogP contribution in [0, 0.1) is 15.9 Å². The van der Waals surface area contributed by atoms with Crippen LogP contribution < -0.4 is 19.8 Å². The highest BCUT2D eigenvalue weighted by Gasteiger charge is 2.33. The number of amides is 2. The van der Waals surface area contributed by atoms with Crippen molar-refractivity contribution >= 4 is 45.1 Å². The fourth-order valence-electron chi connectivity index (χ4n) is 3.73. The van der Waals surface area contributed by atoms with E-state index in [1.165, 1.54) is 54.7 Å². The molecule has 4 rings (SSSR count). The maximum Gasteiger partial charge on any atom is 0.289 e. The second kappa shape index (κ2) is 13.8. The van der Waals surface area contributed by atoms with Gasteiger partial charge >= 0.3 is 0 Å². The van der Waals surface area contributed by atoms with Crippen molar-refractivity contribution in [3.63, 3.8) is 0 Å². The van der Waals surface area contributed by atoms with Crippen molar-refractivity contribution in [2.24, 2.45) is 5.10 Å². The number of halogens is 1. The summed E-state index contributed by atoms with van der Waals surface area (Å²) in [6, 6.07) is 24.2. The Labute approximate surface area is 245 Å². The summed E-state index contributed by atoms with van der Waals surface area (Å²) >= 11 is 0. The molecule has 43 heavy (non-hydrogen) atoms. The standard InChI is InChI=1S/C29H24FN5O7S/c30-22-12-14-23(15-13-22)32-29(37)20-42-25-16-10-21(11-17-25)18-31-33-28(36)19-34(24-6-2-1-3-7-24)43(40,41)27-9-5-4-8-26(27)35(38)39/h1-18H,19-20H2,(H,32,37)(H,33,36)/b31-18+. The van der Waals surface area contributed by atoms with Gasteiger partial charge in [-0.2, -0.15) is 5.10 Å². The predicted octanol–water partition coefficient (Wildman–Crippen LogP) is 4.10. The zero-order valence-electron chi connectivity index (χ0n) is 22.3. The molecule has 2 amide bonds. The van der Waals surface area contributed by atoms with Crippen molar-refractivity contribution in [1.82, 2.24) is 5.43 Å². The summed E-state index contributed by atoms with van der Waals surface area (Å²) in [6.45, 7) is -0.990. The fourth-order valence-corrected chi connectivity index (χ4v) is 5.31. The number of rotatable bonds is 12. The van der Waals surface area contributed by atoms with Gasteiger partial charge in [-0.25, -0.2) is 18.2 Å². The van der Waals surface area contributed by atoms with E-state index in [0.29, 0.717) is 17.0 Å². The number of anilines is 2. The average molecular weight is 606 g/mol. The third-order valence-corrected chi connectivity index (χ3v) is 7.56. The summed E-state index contributed by atoms with van der Waals surface area (Å²) in [4.78, 5) is 34.9. The predicted molar refractivity (Wildman–Crippen MR) is 157 cm³/mol. The van der Waals surface area contributed by atoms with E-state index in [0.717, 1.165) is 16.4 Å². The molecule has 4 aromatic rings. The normalized spacial score (nSPS) is 11.1. The van der Waals surface area contributed by atoms with Crippen LogP contribution in [0.5, 0.6) is 5.75 Å². The molecule has 14 heteroatoms. The highest BCUT2D eigenvalue weighted by atomic mass is 32.2. The van der Waals surface area contributed by atoms with Gasteiger partial charge in [-0.1, -0.05) is 30.3 Å². The molecule has 0 fully saturated rings. The third kappa shape index (κ3) is 8.20. The molecule has 0 aliphatic heterocycles. The summed E-state index contributed by atoms with van der Waals surface area (Å²) < 4.78 is 46.1. The van der Waals surface area contributed by atoms with Gasteiger partial charge in [0.1, 0.15) is 18.1 Å². The lowest BCUT2D eigenvalue weighted by atomic mass is 10.2. The van der Waals surface area contributed by atoms with Crippen LogP contribution in [0.1, 0.15) is 5.56 Å². The van der Waals surface area contributed by atoms with Crippen molar-refractivity contribution in [3.05, 3.63) is 125 Å². The highest BCUT2D eigenvalue weighted by Crippen LogP contribution is 2.29. The van der Waals surface area contributed by atoms with Crippen LogP contribution in [0.3, 0.4) is 0 Å². The first-order valence-corrected chi connectivity index (χ1v) is 14.0. The first-order valence-electron chi connectivity index (χ1n) is 12.5. The smallest absolute Gasteiger partial charge is 0.289 e. The maximum atomic E-state index is 13.5. The van der Waals surface area contributed by atoms with E-state index in [1.807, 2.05) is 0 Å². The average Bonchev–Trinajstić information content (AvgIpc) is 3.01. The number of hydrogen-bond acceptors (Lipinski definition) is 8. The molecule has 4 aromatic carbocycles. The van der Waals surface area contributed by atoms with Crippen LogP contribution in [0.2, 0.25) is 0 Å². The lowest BCUT2D eigenvalue weighted by Gasteiger charge is -2.23. The Morgan fingerprint density at radius 1 is 0.907 bits per heavy atom. The molecule has 0 unspecified atom stereocenters. The summed E-state index contributed by atoms with van der Waals surface area (Å²) in [5.41, 5.74) is 2.74. The summed E-state index contributed by atoms with van der Waals surface area (Å²) in [5, 5.41) is 17.9. The van der Waals surface area contributed by atoms with Crippen molar-refractivity contribution in [2.45, 2.75) is 4.90 Å². The number of sulfonamides is 1. The van der Waals surface area contributed by atoms with Crippen LogP contribution in [0.4, 0.5) is 21.5 Å². The zero-order chi connectivity index (χ0) is 30.8. The quantitative estimate of drug-likeness (QED) is 0.140. The molecule has 0 aliphatic rings. The van der Waals surface area contributed by atoms with Crippen molar-refractivity contribution in [1.29, 1.82) is 0 Å². The van der Waals surface area contributed by atoms with Gasteiger partial charge in [-0.15, -0.1) is 0 Å². The molecule has 12 nitrogen and oxygen atoms in total. The van der Waals surface area contributed by atoms with E-state index in [-0.39, 0.29) is 12.3 Å². The topological polar surface area (TPSA) is 160 Å². The number of nitrogens with one attached hydrogen (secondary N) is 2. The van der Waals surface area contributed by atoms with Crippen LogP contribution in [0.25, 0.3) is 0 Å². The van der Waals surface area contributed by atoms with Crippen LogP contribution in [-0.4, -0.2) is 44.5 Å². The molecule has 0 bridgehead atoms. The molecule has 0 saturated carbocycles. The number of benzene rings is 4. The number of carbonyl (C=O) groups is 2. The summed E-state index contributed by atoms with van der Waals surface area (Å²) in [6.07, 6.45) is 1.31. The number of carbonyl (C=O) groups excluding carboxylic acids is 2. The Bertz CT molecular complexity index is 1730. The Morgan fingerprint density at radius 3 is 2.23 bits per heavy atom. The summed E-state index contributed by atoms with van der Waals surface area (Å²) in [7, 11) is -4.52. The molecular formula is C29H24FN5O7S. The molecule has 0 aromatic heterocycles. The van der Waals surface area contributed by atoms with Gasteiger partial charge in [-0.3, -0.25) is 24.0 Å². The monoisotopic (exact) mass is 605 g/mol. The largest absolute Gasteiger partial charge is 0.484 e. The second-order valence-electron chi connectivity index (χ2n) is 8.78. The maximum absolute atomic E-state index is 13.5. The number of ether oxygens (including phenoxy) is 1. The molecule has 0 radical (unpaired) electrons. The van der Waals surface area contributed by atoms with Crippen LogP contribution in [0.15, 0.2) is 113 Å². The van der Waals surface area contributed by atoms with E-state index < -0.39 is 49.7 Å². The van der Waals surface area contributed by atoms with Crippen LogP contribution >= 0.6 is 0 Å². The summed E-state index contributed by atoms with van der Waals surface area (Å²) in [5.74, 6) is -1.27. The number of nitrogens with zero attached hydrogens (tertiary/aromatic N) is 3. The van der Waals surface area contributed by atoms with E-state index in [1.54, 1.807) is 42.5 Å². The Hall–Kier alpha value is -5.63. The van der Waals surface area contributed by atoms with Gasteiger partial charge in [0.05, 0.1) is 16.8 Å². The Kier molecular flexibility index (Phi) is 9.75. The highest BCUT2D eigenvalue weighted by molar-refractivity contribution is 7.93. The fraction of sp³-hybridized carbons (Fsp3) is 0.0690. The minimum absolute atomic E-state index is 0.127. The lowest BCUT2D eigenvalue weighted by Crippen LogP contribution is -2.39. The molecule has 2 N–H and O–H groups in total. The Balaban J connectivity index is 1.37. The molecule has 0 heterocycles. The number of hydrazone groups is 1. The first kappa shape index (κ1) is 30.3. The minimum Gasteiger partial charge on any atom is -0.484 e. The molecule has 0 saturated heterocycles. The minimum atomic E-state index is -4.52. The third-order valence-electron chi connectivity index (χ3n) is 5.74. The van der Waals surface area contributed by atoms with Gasteiger partial charge < -0.3 is 10.1 Å². The van der Waals surface area contributed by atoms with Gasteiger partial charge in [0.15, 0.2) is 11.5 Å². The van der Waals surface area contributed by atoms with Crippen molar-refractivity contribution < 1.29 is 32.1 Å². The van der Waals surface area contributed by atoms with Crippen molar-refractivity contribution in [2.75, 3.05) is 22.8 Å². The SMILES string of the molecule is O=C(CN(c1ccccc1)S(=O)(=O)c1ccccc1[N+](=O)[O-])N/N=C/c1ccc(OCC(=O)Nc2ccc(F)cc2)cc1. The molecule has 0 spiro atoms. The zero-order valence-corrected chi connectivity index (χ0v) is 23.1. The molecule has 0 atom stereocenters. The van der Waals surface area contributed by atoms with Gasteiger partial charge in [-0.05, 0) is 72.3 Å². The van der Waals surface area contributed by atoms with Gasteiger partial charge in [0, 0.05) is 11.8 Å². The van der Waals surface area contributed by atoms with Gasteiger partial charge in [0.2, 0.25) is 0 Å². The van der Waals surface area contributed by atoms with Gasteiger partial charge in [0.25, 0.3) is 27.5 Å². The number of hydrogen-bond donors (Lipinski definition) is 2. The number of para-hydroxylation sites is 2. The van der Waals surface area contributed by atoms with Crippen molar-refractivity contribution in [3.8, 4) is 5.75 Å². The number of nitro benzene ring substituents is 1. The Morgan fingerprint density at radius 2 is 1.56 bits per heavy atom. The second-order valence-corrected chi connectivity index (χ2v) is 10.6. The molecular weight excluding hydrogens is 581 g/mol. The van der Waals surface area contributed by atoms with E-state index in [9.17, 15) is 32.5 Å². The molecule has 220 valence electrons. The molecule has 0 aliphatic carbocycles. The van der Waals surface area contributed by atoms with E-state index >= 15 is 0 Å².